The Morgan fingerprint density at radius 2 is 2.24 bits per heavy atom. The molecule has 3 fully saturated rings. The molecule has 0 unspecified atom stereocenters. The normalized spacial score (nSPS) is 38.3. The summed E-state index contributed by atoms with van der Waals surface area (Å²) in [5.74, 6) is -0.663. The molecular weight excluding hydrogens is 272 g/mol. The molecule has 0 aromatic heterocycles. The Morgan fingerprint density at radius 3 is 2.90 bits per heavy atom. The quantitative estimate of drug-likeness (QED) is 0.767. The Bertz CT molecular complexity index is 467. The molecule has 2 N–H and O–H groups in total. The Labute approximate surface area is 124 Å². The van der Waals surface area contributed by atoms with Crippen molar-refractivity contribution >= 4 is 12.0 Å². The van der Waals surface area contributed by atoms with Crippen molar-refractivity contribution in [1.82, 2.24) is 10.2 Å². The molecular formula is C15H22N2O4. The van der Waals surface area contributed by atoms with E-state index in [0.29, 0.717) is 26.1 Å². The van der Waals surface area contributed by atoms with Crippen LogP contribution in [0.5, 0.6) is 0 Å². The van der Waals surface area contributed by atoms with Crippen LogP contribution in [0.25, 0.3) is 0 Å². The summed E-state index contributed by atoms with van der Waals surface area (Å²) in [6, 6.07) is -0.233. The molecule has 2 aliphatic heterocycles. The van der Waals surface area contributed by atoms with Gasteiger partial charge in [0, 0.05) is 19.7 Å². The van der Waals surface area contributed by atoms with Crippen molar-refractivity contribution < 1.29 is 19.4 Å². The number of likely N-dealkylation sites (tertiary alicyclic amines) is 1. The summed E-state index contributed by atoms with van der Waals surface area (Å²) in [4.78, 5) is 25.7. The maximum absolute atomic E-state index is 12.4. The summed E-state index contributed by atoms with van der Waals surface area (Å²) in [5.41, 5.74) is -0.721. The number of rotatable bonds is 3. The van der Waals surface area contributed by atoms with Gasteiger partial charge in [0.25, 0.3) is 0 Å². The zero-order valence-corrected chi connectivity index (χ0v) is 12.1. The number of carbonyl (C=O) groups is 2. The van der Waals surface area contributed by atoms with Crippen molar-refractivity contribution in [3.63, 3.8) is 0 Å². The third kappa shape index (κ3) is 2.31. The molecule has 1 saturated carbocycles. The van der Waals surface area contributed by atoms with E-state index >= 15 is 0 Å². The van der Waals surface area contributed by atoms with Gasteiger partial charge in [-0.15, -0.1) is 6.58 Å². The van der Waals surface area contributed by atoms with Gasteiger partial charge < -0.3 is 20.1 Å². The minimum absolute atomic E-state index is 0.0591. The van der Waals surface area contributed by atoms with E-state index in [1.807, 2.05) is 0 Å². The number of aliphatic carboxylic acids is 1. The highest BCUT2D eigenvalue weighted by Gasteiger charge is 2.56. The molecule has 6 heteroatoms. The third-order valence-corrected chi connectivity index (χ3v) is 5.26. The summed E-state index contributed by atoms with van der Waals surface area (Å²) in [6.45, 7) is 5.20. The van der Waals surface area contributed by atoms with Crippen LogP contribution in [0, 0.1) is 11.3 Å². The maximum Gasteiger partial charge on any atom is 0.317 e. The second kappa shape index (κ2) is 5.33. The number of carboxylic acids is 1. The average Bonchev–Trinajstić information content (AvgIpc) is 3.10. The number of nitrogens with one attached hydrogen (secondary N) is 1. The van der Waals surface area contributed by atoms with Gasteiger partial charge in [0.2, 0.25) is 0 Å². The summed E-state index contributed by atoms with van der Waals surface area (Å²) >= 11 is 0. The van der Waals surface area contributed by atoms with Gasteiger partial charge in [-0.2, -0.15) is 0 Å². The predicted molar refractivity (Wildman–Crippen MR) is 75.9 cm³/mol. The molecule has 0 radical (unpaired) electrons. The Hall–Kier alpha value is -1.56. The number of hydrogen-bond acceptors (Lipinski definition) is 3. The third-order valence-electron chi connectivity index (χ3n) is 5.26. The number of amides is 2. The van der Waals surface area contributed by atoms with E-state index in [0.717, 1.165) is 19.3 Å². The smallest absolute Gasteiger partial charge is 0.317 e. The molecule has 6 nitrogen and oxygen atoms in total. The molecule has 3 aliphatic rings. The van der Waals surface area contributed by atoms with Gasteiger partial charge in [0.15, 0.2) is 0 Å². The van der Waals surface area contributed by atoms with Crippen LogP contribution in [-0.4, -0.2) is 53.8 Å². The fourth-order valence-corrected chi connectivity index (χ4v) is 4.04. The number of hydrogen-bond donors (Lipinski definition) is 2. The lowest BCUT2D eigenvalue weighted by Gasteiger charge is -2.25. The number of ether oxygens (including phenoxy) is 1. The first-order valence-corrected chi connectivity index (χ1v) is 7.60. The average molecular weight is 294 g/mol. The highest BCUT2D eigenvalue weighted by atomic mass is 16.5. The summed E-state index contributed by atoms with van der Waals surface area (Å²) in [7, 11) is 0. The maximum atomic E-state index is 12.4. The van der Waals surface area contributed by atoms with E-state index in [9.17, 15) is 14.7 Å². The van der Waals surface area contributed by atoms with Gasteiger partial charge in [-0.3, -0.25) is 4.79 Å². The molecule has 0 aromatic rings. The van der Waals surface area contributed by atoms with Crippen LogP contribution >= 0.6 is 0 Å². The lowest BCUT2D eigenvalue weighted by Crippen LogP contribution is -2.47. The standard InChI is InChI=1S/C15H22N2O4/c1-2-12-11(5-7-21-12)16-14(20)17-8-10-4-3-6-15(10,9-17)13(18)19/h2,10-12H,1,3-9H2,(H,16,20)(H,18,19)/t10-,11+,12-,15+/m0/s1. The summed E-state index contributed by atoms with van der Waals surface area (Å²) in [5, 5.41) is 12.5. The van der Waals surface area contributed by atoms with Crippen LogP contribution in [0.2, 0.25) is 0 Å². The monoisotopic (exact) mass is 294 g/mol. The van der Waals surface area contributed by atoms with Gasteiger partial charge in [-0.25, -0.2) is 4.79 Å². The highest BCUT2D eigenvalue weighted by molar-refractivity contribution is 5.80. The Balaban J connectivity index is 1.65. The van der Waals surface area contributed by atoms with Crippen molar-refractivity contribution in [1.29, 1.82) is 0 Å². The molecule has 0 bridgehead atoms. The highest BCUT2D eigenvalue weighted by Crippen LogP contribution is 2.48. The van der Waals surface area contributed by atoms with Crippen molar-refractivity contribution in [2.24, 2.45) is 11.3 Å². The number of nitrogens with zero attached hydrogens (tertiary/aromatic N) is 1. The largest absolute Gasteiger partial charge is 0.481 e. The van der Waals surface area contributed by atoms with Crippen LogP contribution in [0.3, 0.4) is 0 Å². The minimum atomic E-state index is -0.756. The van der Waals surface area contributed by atoms with Gasteiger partial charge in [0.1, 0.15) is 0 Å². The van der Waals surface area contributed by atoms with E-state index in [1.165, 1.54) is 0 Å². The first-order valence-electron chi connectivity index (χ1n) is 7.60. The van der Waals surface area contributed by atoms with Crippen LogP contribution in [0.15, 0.2) is 12.7 Å². The Kier molecular flexibility index (Phi) is 3.65. The van der Waals surface area contributed by atoms with E-state index in [1.54, 1.807) is 11.0 Å². The number of carbonyl (C=O) groups excluding carboxylic acids is 1. The molecule has 2 heterocycles. The molecule has 0 spiro atoms. The van der Waals surface area contributed by atoms with Crippen molar-refractivity contribution in [2.45, 2.75) is 37.8 Å². The van der Waals surface area contributed by atoms with Crippen LogP contribution < -0.4 is 5.32 Å². The van der Waals surface area contributed by atoms with E-state index in [4.69, 9.17) is 4.74 Å². The second-order valence-corrected chi connectivity index (χ2v) is 6.35. The van der Waals surface area contributed by atoms with Gasteiger partial charge >= 0.3 is 12.0 Å². The number of urea groups is 1. The lowest BCUT2D eigenvalue weighted by molar-refractivity contribution is -0.149. The summed E-state index contributed by atoms with van der Waals surface area (Å²) < 4.78 is 5.47. The molecule has 21 heavy (non-hydrogen) atoms. The fourth-order valence-electron chi connectivity index (χ4n) is 4.04. The molecule has 116 valence electrons. The SMILES string of the molecule is C=C[C@@H]1OCC[C@H]1NC(=O)N1C[C@@H]2CCC[C@@]2(C(=O)O)C1. The van der Waals surface area contributed by atoms with Gasteiger partial charge in [0.05, 0.1) is 17.6 Å². The van der Waals surface area contributed by atoms with Gasteiger partial charge in [-0.05, 0) is 25.2 Å². The van der Waals surface area contributed by atoms with Crippen molar-refractivity contribution in [3.8, 4) is 0 Å². The molecule has 2 saturated heterocycles. The molecule has 1 aliphatic carbocycles. The molecule has 2 amide bonds. The van der Waals surface area contributed by atoms with Crippen molar-refractivity contribution in [3.05, 3.63) is 12.7 Å². The first-order chi connectivity index (χ1) is 10.1. The lowest BCUT2D eigenvalue weighted by atomic mass is 9.81. The molecule has 0 aromatic carbocycles. The van der Waals surface area contributed by atoms with E-state index in [2.05, 4.69) is 11.9 Å². The number of carboxylic acid groups (broad SMARTS) is 1. The van der Waals surface area contributed by atoms with Crippen molar-refractivity contribution in [2.75, 3.05) is 19.7 Å². The zero-order valence-electron chi connectivity index (χ0n) is 12.1. The van der Waals surface area contributed by atoms with E-state index < -0.39 is 11.4 Å². The predicted octanol–water partition coefficient (Wildman–Crippen LogP) is 1.23. The minimum Gasteiger partial charge on any atom is -0.481 e. The summed E-state index contributed by atoms with van der Waals surface area (Å²) in [6.07, 6.45) is 4.85. The van der Waals surface area contributed by atoms with Crippen LogP contribution in [-0.2, 0) is 9.53 Å². The first kappa shape index (κ1) is 14.4. The Morgan fingerprint density at radius 1 is 1.43 bits per heavy atom. The molecule has 4 atom stereocenters. The van der Waals surface area contributed by atoms with Gasteiger partial charge in [-0.1, -0.05) is 12.5 Å². The molecule has 3 rings (SSSR count). The fraction of sp³-hybridized carbons (Fsp3) is 0.733. The zero-order chi connectivity index (χ0) is 15.0. The van der Waals surface area contributed by atoms with Crippen LogP contribution in [0.1, 0.15) is 25.7 Å². The van der Waals surface area contributed by atoms with E-state index in [-0.39, 0.29) is 24.1 Å². The van der Waals surface area contributed by atoms with Crippen LogP contribution in [0.4, 0.5) is 4.79 Å². The number of fused-ring (bicyclic) bond motifs is 1. The topological polar surface area (TPSA) is 78.9 Å². The second-order valence-electron chi connectivity index (χ2n) is 6.35.